The van der Waals surface area contributed by atoms with E-state index in [1.807, 2.05) is 0 Å². The second-order valence-electron chi connectivity index (χ2n) is 30.5. The van der Waals surface area contributed by atoms with Crippen molar-refractivity contribution in [3.63, 3.8) is 0 Å². The standard InChI is InChI=1S/C53H42N2.C53H43N/c1-35-33-52(36(2)32-47(35)42-19-9-8-18-41(42)37-16-6-5-7-17-37)54(40-30-31-44-43-20-10-13-23-48(43)53(3,4)49(44)34-40)38-26-28-39(29-27-38)55-50-24-14-11-21-45(50)46-22-12-15-25-51(46)55;1-36-34-52(37(2)33-49(36)46-24-14-13-23-45(46)39-19-9-6-10-20-39)54(42-31-32-48-47-25-15-16-26-50(47)53(3,4)51(48)35-42)41-29-27-40(28-30-41)44-22-12-11-21-43(44)38-17-7-5-8-18-38/h5-34H,1-4H3;5-35H,1-4H3. The molecule has 0 fully saturated rings. The summed E-state index contributed by atoms with van der Waals surface area (Å²) >= 11 is 0. The molecule has 0 saturated heterocycles. The van der Waals surface area contributed by atoms with Crippen LogP contribution in [0.15, 0.2) is 370 Å². The van der Waals surface area contributed by atoms with Crippen LogP contribution in [0, 0.1) is 27.7 Å². The van der Waals surface area contributed by atoms with E-state index in [-0.39, 0.29) is 10.8 Å². The van der Waals surface area contributed by atoms with Crippen LogP contribution in [0.1, 0.15) is 72.2 Å². The van der Waals surface area contributed by atoms with Gasteiger partial charge in [-0.15, -0.1) is 0 Å². The number of rotatable bonds is 13. The molecule has 524 valence electrons. The van der Waals surface area contributed by atoms with E-state index in [9.17, 15) is 0 Å². The fraction of sp³-hybridized carbons (Fsp3) is 0.0943. The summed E-state index contributed by atoms with van der Waals surface area (Å²) in [6.07, 6.45) is 0. The first kappa shape index (κ1) is 67.8. The molecular weight excluding hydrogens is 1320 g/mol. The van der Waals surface area contributed by atoms with Gasteiger partial charge in [-0.3, -0.25) is 0 Å². The van der Waals surface area contributed by atoms with Crippen LogP contribution >= 0.6 is 0 Å². The zero-order valence-corrected chi connectivity index (χ0v) is 63.1. The van der Waals surface area contributed by atoms with Gasteiger partial charge in [0.1, 0.15) is 0 Å². The summed E-state index contributed by atoms with van der Waals surface area (Å²) in [5.74, 6) is 0. The lowest BCUT2D eigenvalue weighted by Crippen LogP contribution is -2.17. The second kappa shape index (κ2) is 27.7. The lowest BCUT2D eigenvalue weighted by atomic mass is 9.82. The van der Waals surface area contributed by atoms with Crippen LogP contribution in [-0.2, 0) is 10.8 Å². The third-order valence-corrected chi connectivity index (χ3v) is 23.2. The molecule has 109 heavy (non-hydrogen) atoms. The van der Waals surface area contributed by atoms with Crippen LogP contribution in [0.4, 0.5) is 34.1 Å². The summed E-state index contributed by atoms with van der Waals surface area (Å²) in [5.41, 5.74) is 40.9. The summed E-state index contributed by atoms with van der Waals surface area (Å²) in [7, 11) is 0. The highest BCUT2D eigenvalue weighted by Crippen LogP contribution is 2.54. The molecule has 0 radical (unpaired) electrons. The fourth-order valence-electron chi connectivity index (χ4n) is 17.7. The monoisotopic (exact) mass is 1400 g/mol. The number of para-hydroxylation sites is 2. The number of hydrogen-bond acceptors (Lipinski definition) is 2. The molecular formula is C106H85N3. The van der Waals surface area contributed by atoms with Gasteiger partial charge in [0.25, 0.3) is 0 Å². The predicted octanol–water partition coefficient (Wildman–Crippen LogP) is 29.3. The summed E-state index contributed by atoms with van der Waals surface area (Å²) in [4.78, 5) is 4.92. The maximum absolute atomic E-state index is 2.46. The molecule has 2 aliphatic rings. The van der Waals surface area contributed by atoms with E-state index in [0.717, 1.165) is 28.4 Å². The molecule has 0 bridgehead atoms. The molecule has 0 amide bonds. The average Bonchev–Trinajstić information content (AvgIpc) is 1.61. The Hall–Kier alpha value is -13.1. The molecule has 17 aromatic rings. The topological polar surface area (TPSA) is 11.4 Å². The van der Waals surface area contributed by atoms with Crippen molar-refractivity contribution in [3.8, 4) is 94.7 Å². The number of anilines is 6. The van der Waals surface area contributed by atoms with Crippen LogP contribution in [-0.4, -0.2) is 4.57 Å². The number of hydrogen-bond donors (Lipinski definition) is 0. The first-order chi connectivity index (χ1) is 53.3. The minimum atomic E-state index is -0.107. The van der Waals surface area contributed by atoms with Gasteiger partial charge < -0.3 is 14.4 Å². The second-order valence-corrected chi connectivity index (χ2v) is 30.5. The van der Waals surface area contributed by atoms with Crippen LogP contribution in [0.25, 0.3) is 117 Å². The molecule has 3 nitrogen and oxygen atoms in total. The largest absolute Gasteiger partial charge is 0.310 e. The quantitative estimate of drug-likeness (QED) is 0.114. The SMILES string of the molecule is Cc1cc(N(c2ccc(-c3ccccc3-c3ccccc3)cc2)c2ccc3c(c2)C(C)(C)c2ccccc2-3)c(C)cc1-c1ccccc1-c1ccccc1.Cc1cc(N(c2ccc(-n3c4ccccc4c4ccccc43)cc2)c2ccc3c(c2)C(C)(C)c2ccccc2-3)c(C)cc1-c1ccccc1-c1ccccc1. The normalized spacial score (nSPS) is 12.7. The van der Waals surface area contributed by atoms with E-state index in [1.165, 1.54) is 167 Å². The van der Waals surface area contributed by atoms with Gasteiger partial charge in [-0.25, -0.2) is 0 Å². The summed E-state index contributed by atoms with van der Waals surface area (Å²) < 4.78 is 2.39. The highest BCUT2D eigenvalue weighted by molar-refractivity contribution is 6.09. The van der Waals surface area contributed by atoms with Crippen molar-refractivity contribution in [2.75, 3.05) is 9.80 Å². The van der Waals surface area contributed by atoms with Crippen molar-refractivity contribution in [1.29, 1.82) is 0 Å². The van der Waals surface area contributed by atoms with Crippen molar-refractivity contribution in [1.82, 2.24) is 4.57 Å². The smallest absolute Gasteiger partial charge is 0.0541 e. The summed E-state index contributed by atoms with van der Waals surface area (Å²) in [5, 5.41) is 2.54. The van der Waals surface area contributed by atoms with Crippen molar-refractivity contribution in [3.05, 3.63) is 415 Å². The molecule has 0 spiro atoms. The highest BCUT2D eigenvalue weighted by atomic mass is 15.2. The number of fused-ring (bicyclic) bond motifs is 9. The van der Waals surface area contributed by atoms with E-state index < -0.39 is 0 Å². The van der Waals surface area contributed by atoms with E-state index in [1.54, 1.807) is 0 Å². The van der Waals surface area contributed by atoms with Crippen molar-refractivity contribution < 1.29 is 0 Å². The number of aromatic nitrogens is 1. The molecule has 1 heterocycles. The minimum absolute atomic E-state index is 0.103. The Morgan fingerprint density at radius 3 is 0.899 bits per heavy atom. The Bertz CT molecular complexity index is 6260. The van der Waals surface area contributed by atoms with Crippen molar-refractivity contribution in [2.24, 2.45) is 0 Å². The molecule has 3 heteroatoms. The average molecular weight is 1400 g/mol. The van der Waals surface area contributed by atoms with Gasteiger partial charge in [0.15, 0.2) is 0 Å². The molecule has 0 saturated carbocycles. The van der Waals surface area contributed by atoms with E-state index >= 15 is 0 Å². The van der Waals surface area contributed by atoms with E-state index in [2.05, 4.69) is 440 Å². The van der Waals surface area contributed by atoms with Gasteiger partial charge in [0, 0.05) is 61.4 Å². The van der Waals surface area contributed by atoms with Gasteiger partial charge in [0.05, 0.1) is 11.0 Å². The van der Waals surface area contributed by atoms with Gasteiger partial charge in [0.2, 0.25) is 0 Å². The van der Waals surface area contributed by atoms with Crippen LogP contribution < -0.4 is 9.80 Å². The van der Waals surface area contributed by atoms with Gasteiger partial charge in [-0.05, 0) is 258 Å². The molecule has 2 aliphatic carbocycles. The lowest BCUT2D eigenvalue weighted by molar-refractivity contribution is 0.660. The number of nitrogens with zero attached hydrogens (tertiary/aromatic N) is 3. The van der Waals surface area contributed by atoms with Gasteiger partial charge in [-0.1, -0.05) is 301 Å². The fourth-order valence-corrected chi connectivity index (χ4v) is 17.7. The summed E-state index contributed by atoms with van der Waals surface area (Å²) in [6.45, 7) is 18.5. The Morgan fingerprint density at radius 2 is 0.505 bits per heavy atom. The van der Waals surface area contributed by atoms with E-state index in [0.29, 0.717) is 0 Å². The molecule has 16 aromatic carbocycles. The third-order valence-electron chi connectivity index (χ3n) is 23.2. The molecule has 0 aliphatic heterocycles. The Morgan fingerprint density at radius 1 is 0.211 bits per heavy atom. The predicted molar refractivity (Wildman–Crippen MR) is 463 cm³/mol. The first-order valence-electron chi connectivity index (χ1n) is 38.2. The Balaban J connectivity index is 0.000000153. The highest BCUT2D eigenvalue weighted by Gasteiger charge is 2.38. The van der Waals surface area contributed by atoms with Crippen LogP contribution in [0.2, 0.25) is 0 Å². The van der Waals surface area contributed by atoms with Crippen LogP contribution in [0.5, 0.6) is 0 Å². The Kier molecular flexibility index (Phi) is 17.2. The molecule has 0 N–H and O–H groups in total. The van der Waals surface area contributed by atoms with E-state index in [4.69, 9.17) is 0 Å². The maximum Gasteiger partial charge on any atom is 0.0541 e. The lowest BCUT2D eigenvalue weighted by Gasteiger charge is -2.30. The number of aryl methyl sites for hydroxylation is 4. The number of benzene rings is 16. The van der Waals surface area contributed by atoms with Crippen molar-refractivity contribution >= 4 is 55.9 Å². The van der Waals surface area contributed by atoms with Crippen molar-refractivity contribution in [2.45, 2.75) is 66.2 Å². The minimum Gasteiger partial charge on any atom is -0.310 e. The van der Waals surface area contributed by atoms with Gasteiger partial charge in [-0.2, -0.15) is 0 Å². The molecule has 0 atom stereocenters. The summed E-state index contributed by atoms with van der Waals surface area (Å²) in [6, 6.07) is 136. The maximum atomic E-state index is 2.46. The zero-order valence-electron chi connectivity index (χ0n) is 63.1. The molecule has 19 rings (SSSR count). The zero-order chi connectivity index (χ0) is 74.1. The molecule has 1 aromatic heterocycles. The van der Waals surface area contributed by atoms with Gasteiger partial charge >= 0.3 is 0 Å². The Labute approximate surface area is 641 Å². The third kappa shape index (κ3) is 11.9. The molecule has 0 unspecified atom stereocenters. The van der Waals surface area contributed by atoms with Crippen LogP contribution in [0.3, 0.4) is 0 Å². The first-order valence-corrected chi connectivity index (χ1v) is 38.2.